The number of H-pyrrole nitrogens is 1. The van der Waals surface area contributed by atoms with E-state index < -0.39 is 16.7 Å². The molecule has 1 aliphatic carbocycles. The van der Waals surface area contributed by atoms with Crippen LogP contribution >= 0.6 is 22.6 Å². The van der Waals surface area contributed by atoms with E-state index in [1.54, 1.807) is 10.2 Å². The Bertz CT molecular complexity index is 606. The first kappa shape index (κ1) is 14.5. The maximum absolute atomic E-state index is 11.8. The Hall–Kier alpha value is -0.930. The van der Waals surface area contributed by atoms with Gasteiger partial charge in [-0.25, -0.2) is 4.79 Å². The van der Waals surface area contributed by atoms with Gasteiger partial charge < -0.3 is 10.2 Å². The summed E-state index contributed by atoms with van der Waals surface area (Å²) < 4.78 is 3.08. The molecule has 2 atom stereocenters. The van der Waals surface area contributed by atoms with E-state index in [-0.39, 0.29) is 19.1 Å². The molecule has 0 amide bonds. The quantitative estimate of drug-likeness (QED) is 0.626. The van der Waals surface area contributed by atoms with E-state index in [0.717, 1.165) is 0 Å². The van der Waals surface area contributed by atoms with Gasteiger partial charge >= 0.3 is 5.69 Å². The first-order chi connectivity index (χ1) is 9.06. The summed E-state index contributed by atoms with van der Waals surface area (Å²) in [5.74, 6) is 0.0138. The molecule has 19 heavy (non-hydrogen) atoms. The highest BCUT2D eigenvalue weighted by Gasteiger charge is 2.53. The van der Waals surface area contributed by atoms with Crippen LogP contribution in [-0.2, 0) is 6.54 Å². The van der Waals surface area contributed by atoms with Gasteiger partial charge in [0.1, 0.15) is 0 Å². The predicted molar refractivity (Wildman–Crippen MR) is 79.1 cm³/mol. The van der Waals surface area contributed by atoms with Gasteiger partial charge in [-0.3, -0.25) is 14.3 Å². The highest BCUT2D eigenvalue weighted by molar-refractivity contribution is 14.1. The van der Waals surface area contributed by atoms with Crippen molar-refractivity contribution in [2.75, 3.05) is 13.2 Å². The van der Waals surface area contributed by atoms with Crippen molar-refractivity contribution in [2.24, 2.45) is 11.3 Å². The second-order valence-corrected chi connectivity index (χ2v) is 5.59. The van der Waals surface area contributed by atoms with E-state index in [2.05, 4.69) is 4.98 Å². The Morgan fingerprint density at radius 1 is 1.53 bits per heavy atom. The summed E-state index contributed by atoms with van der Waals surface area (Å²) in [4.78, 5) is 25.5. The molecule has 0 radical (unpaired) electrons. The zero-order valence-corrected chi connectivity index (χ0v) is 12.3. The number of hydrogen-bond donors (Lipinski definition) is 3. The maximum Gasteiger partial charge on any atom is 0.328 e. The summed E-state index contributed by atoms with van der Waals surface area (Å²) in [6, 6.07) is 0. The van der Waals surface area contributed by atoms with Crippen LogP contribution in [0.5, 0.6) is 0 Å². The van der Waals surface area contributed by atoms with Crippen LogP contribution in [0.4, 0.5) is 0 Å². The molecule has 7 heteroatoms. The number of hydrogen-bond acceptors (Lipinski definition) is 4. The second kappa shape index (κ2) is 5.59. The molecule has 1 saturated carbocycles. The molecule has 1 fully saturated rings. The van der Waals surface area contributed by atoms with E-state index in [0.29, 0.717) is 18.5 Å². The summed E-state index contributed by atoms with van der Waals surface area (Å²) in [6.45, 7) is 0.215. The molecule has 1 aliphatic rings. The lowest BCUT2D eigenvalue weighted by atomic mass is 10.1. The summed E-state index contributed by atoms with van der Waals surface area (Å²) in [5, 5.41) is 18.6. The lowest BCUT2D eigenvalue weighted by Crippen LogP contribution is -2.34. The van der Waals surface area contributed by atoms with Crippen molar-refractivity contribution < 1.29 is 10.2 Å². The van der Waals surface area contributed by atoms with Crippen molar-refractivity contribution in [1.29, 1.82) is 0 Å². The Labute approximate surface area is 122 Å². The third kappa shape index (κ3) is 2.82. The number of aromatic amines is 1. The maximum atomic E-state index is 11.8. The molecular formula is C12H15IN2O4. The number of rotatable bonds is 5. The molecule has 0 bridgehead atoms. The number of nitrogens with zero attached hydrogens (tertiary/aromatic N) is 1. The third-order valence-corrected chi connectivity index (χ3v) is 4.02. The molecule has 6 nitrogen and oxygen atoms in total. The monoisotopic (exact) mass is 378 g/mol. The smallest absolute Gasteiger partial charge is 0.328 e. The average molecular weight is 378 g/mol. The fourth-order valence-electron chi connectivity index (χ4n) is 2.30. The normalized spacial score (nSPS) is 25.9. The molecule has 1 aromatic heterocycles. The summed E-state index contributed by atoms with van der Waals surface area (Å²) in [5.41, 5.74) is -0.973. The lowest BCUT2D eigenvalue weighted by molar-refractivity contribution is 0.156. The van der Waals surface area contributed by atoms with Crippen molar-refractivity contribution in [3.05, 3.63) is 36.7 Å². The first-order valence-electron chi connectivity index (χ1n) is 5.88. The number of aliphatic hydroxyl groups is 2. The summed E-state index contributed by atoms with van der Waals surface area (Å²) >= 11 is 1.99. The molecule has 3 N–H and O–H groups in total. The van der Waals surface area contributed by atoms with Gasteiger partial charge in [0, 0.05) is 24.8 Å². The van der Waals surface area contributed by atoms with Gasteiger partial charge in [0.15, 0.2) is 0 Å². The molecule has 1 heterocycles. The van der Waals surface area contributed by atoms with Gasteiger partial charge in [-0.2, -0.15) is 0 Å². The van der Waals surface area contributed by atoms with Gasteiger partial charge in [-0.05, 0) is 22.5 Å². The SMILES string of the molecule is O=c1[nH]c(=O)n(CC2(CO)CC2CO)cc1C=CI. The minimum atomic E-state index is -0.493. The zero-order valence-electron chi connectivity index (χ0n) is 10.2. The summed E-state index contributed by atoms with van der Waals surface area (Å²) in [7, 11) is 0. The molecular weight excluding hydrogens is 363 g/mol. The predicted octanol–water partition coefficient (Wildman–Crippen LogP) is -0.0668. The van der Waals surface area contributed by atoms with Crippen molar-refractivity contribution >= 4 is 28.7 Å². The fraction of sp³-hybridized carbons (Fsp3) is 0.500. The van der Waals surface area contributed by atoms with Crippen LogP contribution in [0, 0.1) is 11.3 Å². The van der Waals surface area contributed by atoms with E-state index in [1.807, 2.05) is 22.6 Å². The van der Waals surface area contributed by atoms with Crippen molar-refractivity contribution in [3.8, 4) is 0 Å². The second-order valence-electron chi connectivity index (χ2n) is 4.87. The molecule has 2 unspecified atom stereocenters. The van der Waals surface area contributed by atoms with Crippen LogP contribution in [-0.4, -0.2) is 33.0 Å². The lowest BCUT2D eigenvalue weighted by Gasteiger charge is -2.15. The topological polar surface area (TPSA) is 95.3 Å². The Morgan fingerprint density at radius 3 is 2.79 bits per heavy atom. The third-order valence-electron chi connectivity index (χ3n) is 3.66. The van der Waals surface area contributed by atoms with Crippen molar-refractivity contribution in [2.45, 2.75) is 13.0 Å². The van der Waals surface area contributed by atoms with Crippen LogP contribution in [0.25, 0.3) is 6.08 Å². The van der Waals surface area contributed by atoms with Gasteiger partial charge in [-0.1, -0.05) is 22.6 Å². The van der Waals surface area contributed by atoms with Gasteiger partial charge in [0.25, 0.3) is 5.56 Å². The Morgan fingerprint density at radius 2 is 2.26 bits per heavy atom. The highest BCUT2D eigenvalue weighted by Crippen LogP contribution is 2.52. The van der Waals surface area contributed by atoms with Crippen LogP contribution in [0.1, 0.15) is 12.0 Å². The molecule has 1 aromatic rings. The highest BCUT2D eigenvalue weighted by atomic mass is 127. The number of aromatic nitrogens is 2. The molecule has 0 spiro atoms. The van der Waals surface area contributed by atoms with Gasteiger partial charge in [-0.15, -0.1) is 0 Å². The largest absolute Gasteiger partial charge is 0.396 e. The van der Waals surface area contributed by atoms with E-state index >= 15 is 0 Å². The van der Waals surface area contributed by atoms with Crippen LogP contribution in [0.3, 0.4) is 0 Å². The molecule has 0 aromatic carbocycles. The standard InChI is InChI=1S/C12H15IN2O4/c13-2-1-8-4-15(11(19)14-10(8)18)6-12(7-17)3-9(12)5-16/h1-2,4,9,16-17H,3,5-7H2,(H,14,18,19). The minimum absolute atomic E-state index is 0.000819. The number of aliphatic hydroxyl groups excluding tert-OH is 2. The summed E-state index contributed by atoms with van der Waals surface area (Å²) in [6.07, 6.45) is 3.78. The zero-order chi connectivity index (χ0) is 14.0. The molecule has 104 valence electrons. The van der Waals surface area contributed by atoms with Crippen LogP contribution in [0.15, 0.2) is 19.9 Å². The minimum Gasteiger partial charge on any atom is -0.396 e. The Balaban J connectivity index is 2.33. The van der Waals surface area contributed by atoms with Crippen molar-refractivity contribution in [1.82, 2.24) is 9.55 Å². The number of halogens is 1. The van der Waals surface area contributed by atoms with Crippen molar-refractivity contribution in [3.63, 3.8) is 0 Å². The van der Waals surface area contributed by atoms with E-state index in [4.69, 9.17) is 5.11 Å². The molecule has 0 saturated heterocycles. The first-order valence-corrected chi connectivity index (χ1v) is 7.13. The van der Waals surface area contributed by atoms with Gasteiger partial charge in [0.2, 0.25) is 0 Å². The van der Waals surface area contributed by atoms with Gasteiger partial charge in [0.05, 0.1) is 12.2 Å². The van der Waals surface area contributed by atoms with Crippen LogP contribution < -0.4 is 11.2 Å². The van der Waals surface area contributed by atoms with E-state index in [1.165, 1.54) is 10.8 Å². The molecule has 0 aliphatic heterocycles. The number of nitrogens with one attached hydrogen (secondary N) is 1. The average Bonchev–Trinajstić information content (AvgIpc) is 3.09. The Kier molecular flexibility index (Phi) is 4.26. The molecule has 2 rings (SSSR count). The fourth-order valence-corrected chi connectivity index (χ4v) is 2.68. The van der Waals surface area contributed by atoms with E-state index in [9.17, 15) is 14.7 Å². The van der Waals surface area contributed by atoms with Crippen LogP contribution in [0.2, 0.25) is 0 Å².